The van der Waals surface area contributed by atoms with Gasteiger partial charge in [0, 0.05) is 6.04 Å². The molecule has 0 aromatic heterocycles. The number of carboxylic acid groups (broad SMARTS) is 1. The highest BCUT2D eigenvalue weighted by atomic mass is 16.5. The van der Waals surface area contributed by atoms with Gasteiger partial charge in [-0.1, -0.05) is 0 Å². The molecular formula is C18H21N3O4. The van der Waals surface area contributed by atoms with Gasteiger partial charge < -0.3 is 20.1 Å². The lowest BCUT2D eigenvalue weighted by Crippen LogP contribution is -2.60. The summed E-state index contributed by atoms with van der Waals surface area (Å²) in [5.74, 6) is -0.325. The average Bonchev–Trinajstić information content (AvgIpc) is 2.58. The molecule has 1 aromatic rings. The molecule has 1 saturated carbocycles. The van der Waals surface area contributed by atoms with Crippen LogP contribution in [-0.4, -0.2) is 47.2 Å². The summed E-state index contributed by atoms with van der Waals surface area (Å²) in [5, 5.41) is 20.7. The van der Waals surface area contributed by atoms with Crippen LogP contribution < -0.4 is 10.1 Å². The van der Waals surface area contributed by atoms with Crippen LogP contribution in [0.15, 0.2) is 24.3 Å². The molecule has 2 amide bonds. The first-order valence-electron chi connectivity index (χ1n) is 8.50. The van der Waals surface area contributed by atoms with E-state index in [1.165, 1.54) is 0 Å². The molecule has 132 valence electrons. The second-order valence-electron chi connectivity index (χ2n) is 6.62. The van der Waals surface area contributed by atoms with Gasteiger partial charge in [-0.2, -0.15) is 5.26 Å². The second kappa shape index (κ2) is 7.43. The molecule has 25 heavy (non-hydrogen) atoms. The maximum Gasteiger partial charge on any atom is 0.317 e. The fourth-order valence-electron chi connectivity index (χ4n) is 3.23. The number of rotatable bonds is 4. The lowest BCUT2D eigenvalue weighted by molar-refractivity contribution is -0.142. The maximum absolute atomic E-state index is 12.2. The van der Waals surface area contributed by atoms with Crippen molar-refractivity contribution in [3.8, 4) is 11.8 Å². The van der Waals surface area contributed by atoms with Crippen LogP contribution >= 0.6 is 0 Å². The molecule has 0 unspecified atom stereocenters. The van der Waals surface area contributed by atoms with Crippen LogP contribution in [0.25, 0.3) is 0 Å². The molecule has 0 atom stereocenters. The maximum atomic E-state index is 12.2. The number of benzene rings is 1. The highest BCUT2D eigenvalue weighted by molar-refractivity contribution is 5.75. The van der Waals surface area contributed by atoms with Crippen LogP contribution in [0, 0.1) is 17.2 Å². The van der Waals surface area contributed by atoms with Crippen LogP contribution in [0.2, 0.25) is 0 Å². The third-order valence-corrected chi connectivity index (χ3v) is 4.83. The van der Waals surface area contributed by atoms with Crippen molar-refractivity contribution in [3.63, 3.8) is 0 Å². The Hall–Kier alpha value is -2.75. The number of carbonyl (C=O) groups excluding carboxylic acids is 1. The van der Waals surface area contributed by atoms with Gasteiger partial charge in [0.15, 0.2) is 0 Å². The van der Waals surface area contributed by atoms with Crippen molar-refractivity contribution in [3.05, 3.63) is 29.8 Å². The molecular weight excluding hydrogens is 322 g/mol. The summed E-state index contributed by atoms with van der Waals surface area (Å²) >= 11 is 0. The Labute approximate surface area is 146 Å². The minimum absolute atomic E-state index is 0.0403. The molecule has 3 rings (SSSR count). The summed E-state index contributed by atoms with van der Waals surface area (Å²) in [5.41, 5.74) is 0.583. The monoisotopic (exact) mass is 343 g/mol. The second-order valence-corrected chi connectivity index (χ2v) is 6.62. The lowest BCUT2D eigenvalue weighted by Gasteiger charge is -2.40. The highest BCUT2D eigenvalue weighted by Crippen LogP contribution is 2.25. The molecule has 1 aliphatic carbocycles. The smallest absolute Gasteiger partial charge is 0.317 e. The van der Waals surface area contributed by atoms with E-state index in [0.717, 1.165) is 0 Å². The van der Waals surface area contributed by atoms with Crippen molar-refractivity contribution in [1.29, 1.82) is 5.26 Å². The van der Waals surface area contributed by atoms with E-state index in [2.05, 4.69) is 11.4 Å². The van der Waals surface area contributed by atoms with Gasteiger partial charge >= 0.3 is 12.0 Å². The van der Waals surface area contributed by atoms with Gasteiger partial charge in [-0.3, -0.25) is 4.79 Å². The first-order valence-corrected chi connectivity index (χ1v) is 8.50. The van der Waals surface area contributed by atoms with Gasteiger partial charge in [-0.25, -0.2) is 4.79 Å². The third kappa shape index (κ3) is 4.21. The number of aliphatic carboxylic acids is 1. The SMILES string of the molecule is N#Cc1ccc(OC2CN(C(=O)NC3CCC(C(=O)O)CC3)C2)cc1. The van der Waals surface area contributed by atoms with Crippen molar-refractivity contribution in [1.82, 2.24) is 10.2 Å². The zero-order chi connectivity index (χ0) is 17.8. The molecule has 1 aromatic carbocycles. The van der Waals surface area contributed by atoms with Crippen molar-refractivity contribution < 1.29 is 19.4 Å². The van der Waals surface area contributed by atoms with Crippen LogP contribution in [0.4, 0.5) is 4.79 Å². The zero-order valence-corrected chi connectivity index (χ0v) is 13.9. The zero-order valence-electron chi connectivity index (χ0n) is 13.9. The fraction of sp³-hybridized carbons (Fsp3) is 0.500. The number of carboxylic acids is 1. The van der Waals surface area contributed by atoms with Crippen LogP contribution in [0.5, 0.6) is 5.75 Å². The number of hydrogen-bond donors (Lipinski definition) is 2. The predicted molar refractivity (Wildman–Crippen MR) is 89.1 cm³/mol. The molecule has 2 aliphatic rings. The number of nitrogens with one attached hydrogen (secondary N) is 1. The first-order chi connectivity index (χ1) is 12.0. The van der Waals surface area contributed by atoms with E-state index in [1.807, 2.05) is 0 Å². The minimum Gasteiger partial charge on any atom is -0.487 e. The third-order valence-electron chi connectivity index (χ3n) is 4.83. The molecule has 7 heteroatoms. The Morgan fingerprint density at radius 1 is 1.16 bits per heavy atom. The van der Waals surface area contributed by atoms with Crippen molar-refractivity contribution >= 4 is 12.0 Å². The summed E-state index contributed by atoms with van der Waals surface area (Å²) in [6, 6.07) is 8.91. The number of amides is 2. The van der Waals surface area contributed by atoms with Crippen molar-refractivity contribution in [2.45, 2.75) is 37.8 Å². The molecule has 1 aliphatic heterocycles. The Kier molecular flexibility index (Phi) is 5.08. The number of carbonyl (C=O) groups is 2. The van der Waals surface area contributed by atoms with Gasteiger partial charge in [0.05, 0.1) is 30.6 Å². The molecule has 0 spiro atoms. The van der Waals surface area contributed by atoms with Gasteiger partial charge in [-0.15, -0.1) is 0 Å². The minimum atomic E-state index is -0.740. The molecule has 1 saturated heterocycles. The summed E-state index contributed by atoms with van der Waals surface area (Å²) in [6.07, 6.45) is 2.61. The Morgan fingerprint density at radius 2 is 1.80 bits per heavy atom. The number of hydrogen-bond acceptors (Lipinski definition) is 4. The summed E-state index contributed by atoms with van der Waals surface area (Å²) in [7, 11) is 0. The van der Waals surface area contributed by atoms with Gasteiger partial charge in [-0.05, 0) is 49.9 Å². The number of urea groups is 1. The standard InChI is InChI=1S/C18H21N3O4/c19-9-12-1-7-15(8-2-12)25-16-10-21(11-16)18(24)20-14-5-3-13(4-6-14)17(22)23/h1-2,7-8,13-14,16H,3-6,10-11H2,(H,20,24)(H,22,23). The van der Waals surface area contributed by atoms with Crippen LogP contribution in [0.1, 0.15) is 31.2 Å². The molecule has 2 N–H and O–H groups in total. The molecule has 2 fully saturated rings. The summed E-state index contributed by atoms with van der Waals surface area (Å²) in [6.45, 7) is 1.05. The van der Waals surface area contributed by atoms with E-state index >= 15 is 0 Å². The average molecular weight is 343 g/mol. The predicted octanol–water partition coefficient (Wildman–Crippen LogP) is 1.97. The topological polar surface area (TPSA) is 103 Å². The quantitative estimate of drug-likeness (QED) is 0.870. The summed E-state index contributed by atoms with van der Waals surface area (Å²) in [4.78, 5) is 24.8. The first kappa shape index (κ1) is 17.1. The molecule has 0 bridgehead atoms. The Morgan fingerprint density at radius 3 is 2.36 bits per heavy atom. The Bertz CT molecular complexity index is 669. The molecule has 1 heterocycles. The number of likely N-dealkylation sites (tertiary alicyclic amines) is 1. The summed E-state index contributed by atoms with van der Waals surface area (Å²) < 4.78 is 5.76. The Balaban J connectivity index is 1.38. The van der Waals surface area contributed by atoms with Gasteiger partial charge in [0.2, 0.25) is 0 Å². The number of nitrogens with zero attached hydrogens (tertiary/aromatic N) is 2. The van der Waals surface area contributed by atoms with Crippen molar-refractivity contribution in [2.75, 3.05) is 13.1 Å². The largest absolute Gasteiger partial charge is 0.487 e. The van der Waals surface area contributed by atoms with E-state index in [-0.39, 0.29) is 24.1 Å². The lowest BCUT2D eigenvalue weighted by atomic mass is 9.86. The number of ether oxygens (including phenoxy) is 1. The van der Waals surface area contributed by atoms with E-state index in [4.69, 9.17) is 15.1 Å². The van der Waals surface area contributed by atoms with Crippen molar-refractivity contribution in [2.24, 2.45) is 5.92 Å². The van der Waals surface area contributed by atoms with E-state index in [0.29, 0.717) is 50.1 Å². The van der Waals surface area contributed by atoms with E-state index < -0.39 is 5.97 Å². The number of nitriles is 1. The normalized spacial score (nSPS) is 23.2. The van der Waals surface area contributed by atoms with Gasteiger partial charge in [0.1, 0.15) is 11.9 Å². The van der Waals surface area contributed by atoms with E-state index in [9.17, 15) is 9.59 Å². The fourth-order valence-corrected chi connectivity index (χ4v) is 3.23. The molecule has 0 radical (unpaired) electrons. The van der Waals surface area contributed by atoms with Crippen LogP contribution in [-0.2, 0) is 4.79 Å². The highest BCUT2D eigenvalue weighted by Gasteiger charge is 2.34. The molecule has 7 nitrogen and oxygen atoms in total. The van der Waals surface area contributed by atoms with Gasteiger partial charge in [0.25, 0.3) is 0 Å². The van der Waals surface area contributed by atoms with E-state index in [1.54, 1.807) is 29.2 Å². The van der Waals surface area contributed by atoms with Crippen LogP contribution in [0.3, 0.4) is 0 Å².